The molecule has 4 rings (SSSR count). The number of guanidine groups is 1. The predicted octanol–water partition coefficient (Wildman–Crippen LogP) is 2.90. The summed E-state index contributed by atoms with van der Waals surface area (Å²) in [7, 11) is 3.19. The van der Waals surface area contributed by atoms with Gasteiger partial charge in [0.1, 0.15) is 17.3 Å². The number of anilines is 2. The third-order valence-corrected chi connectivity index (χ3v) is 5.82. The zero-order valence-electron chi connectivity index (χ0n) is 19.2. The maximum absolute atomic E-state index is 13.0. The van der Waals surface area contributed by atoms with E-state index in [-0.39, 0.29) is 23.9 Å². The van der Waals surface area contributed by atoms with Crippen molar-refractivity contribution < 1.29 is 14.3 Å². The summed E-state index contributed by atoms with van der Waals surface area (Å²) in [4.78, 5) is 26.5. The number of carbonyl (C=O) groups is 1. The molecule has 1 aromatic heterocycles. The van der Waals surface area contributed by atoms with Crippen molar-refractivity contribution in [3.05, 3.63) is 48.3 Å². The van der Waals surface area contributed by atoms with Gasteiger partial charge in [0.2, 0.25) is 5.82 Å². The molecule has 3 aromatic rings. The minimum absolute atomic E-state index is 0.0300. The van der Waals surface area contributed by atoms with Crippen molar-refractivity contribution in [1.29, 1.82) is 0 Å². The van der Waals surface area contributed by atoms with Gasteiger partial charge in [-0.05, 0) is 55.3 Å². The van der Waals surface area contributed by atoms with Gasteiger partial charge in [-0.15, -0.1) is 0 Å². The fraction of sp³-hybridized carbons (Fsp3) is 0.333. The van der Waals surface area contributed by atoms with Crippen LogP contribution in [0.5, 0.6) is 11.5 Å². The topological polar surface area (TPSA) is 150 Å². The largest absolute Gasteiger partial charge is 0.497 e. The first-order valence-electron chi connectivity index (χ1n) is 11.1. The van der Waals surface area contributed by atoms with Crippen LogP contribution in [0.1, 0.15) is 36.3 Å². The lowest BCUT2D eigenvalue weighted by atomic mass is 9.90. The maximum atomic E-state index is 13.0. The van der Waals surface area contributed by atoms with Gasteiger partial charge in [0.25, 0.3) is 5.91 Å². The molecule has 2 atom stereocenters. The summed E-state index contributed by atoms with van der Waals surface area (Å²) in [6.45, 7) is 0. The van der Waals surface area contributed by atoms with Gasteiger partial charge in [-0.3, -0.25) is 4.79 Å². The molecule has 0 unspecified atom stereocenters. The van der Waals surface area contributed by atoms with Crippen molar-refractivity contribution in [2.45, 2.75) is 37.8 Å². The number of aliphatic imine (C=N–C) groups is 1. The molecule has 0 bridgehead atoms. The molecule has 178 valence electrons. The molecule has 1 fully saturated rings. The number of rotatable bonds is 7. The molecule has 0 aliphatic heterocycles. The fourth-order valence-electron chi connectivity index (χ4n) is 4.11. The summed E-state index contributed by atoms with van der Waals surface area (Å²) >= 11 is 0. The number of hydrogen-bond acceptors (Lipinski definition) is 7. The van der Waals surface area contributed by atoms with Gasteiger partial charge in [0.15, 0.2) is 5.96 Å². The first kappa shape index (κ1) is 23.1. The number of hydrogen-bond donors (Lipinski definition) is 4. The van der Waals surface area contributed by atoms with Crippen LogP contribution in [-0.2, 0) is 0 Å². The van der Waals surface area contributed by atoms with Crippen LogP contribution in [0.4, 0.5) is 11.5 Å². The van der Waals surface area contributed by atoms with E-state index in [0.29, 0.717) is 28.5 Å². The minimum Gasteiger partial charge on any atom is -0.497 e. The van der Waals surface area contributed by atoms with E-state index >= 15 is 0 Å². The molecule has 2 aromatic carbocycles. The average Bonchev–Trinajstić information content (AvgIpc) is 2.85. The number of nitrogens with two attached hydrogens (primary N) is 2. The van der Waals surface area contributed by atoms with E-state index in [0.717, 1.165) is 31.1 Å². The normalized spacial score (nSPS) is 17.6. The Morgan fingerprint density at radius 2 is 1.71 bits per heavy atom. The van der Waals surface area contributed by atoms with Gasteiger partial charge >= 0.3 is 0 Å². The maximum Gasteiger partial charge on any atom is 0.293 e. The molecule has 0 radical (unpaired) electrons. The molecule has 1 aliphatic carbocycles. The zero-order valence-corrected chi connectivity index (χ0v) is 19.2. The molecule has 34 heavy (non-hydrogen) atoms. The first-order valence-corrected chi connectivity index (χ1v) is 11.1. The van der Waals surface area contributed by atoms with Crippen molar-refractivity contribution in [2.24, 2.45) is 16.5 Å². The quantitative estimate of drug-likeness (QED) is 0.309. The lowest BCUT2D eigenvalue weighted by Gasteiger charge is -2.30. The van der Waals surface area contributed by atoms with Gasteiger partial charge in [0.05, 0.1) is 31.8 Å². The SMILES string of the molecule is COc1ccc(NC(=O)c2nc(N[C@H]3CCCC[C@H]3N=C(N)N)c3cc(OC)ccc3n2)cc1. The van der Waals surface area contributed by atoms with E-state index in [2.05, 4.69) is 25.6 Å². The number of nitrogens with one attached hydrogen (secondary N) is 2. The van der Waals surface area contributed by atoms with Crippen LogP contribution in [0.25, 0.3) is 10.9 Å². The zero-order chi connectivity index (χ0) is 24.1. The Bertz CT molecular complexity index is 1190. The summed E-state index contributed by atoms with van der Waals surface area (Å²) in [5.74, 6) is 1.58. The van der Waals surface area contributed by atoms with Crippen molar-refractivity contribution in [3.63, 3.8) is 0 Å². The van der Waals surface area contributed by atoms with Crippen LogP contribution < -0.4 is 31.6 Å². The second kappa shape index (κ2) is 10.2. The van der Waals surface area contributed by atoms with E-state index in [9.17, 15) is 4.79 Å². The van der Waals surface area contributed by atoms with Crippen molar-refractivity contribution in [3.8, 4) is 11.5 Å². The van der Waals surface area contributed by atoms with Gasteiger partial charge in [-0.2, -0.15) is 0 Å². The summed E-state index contributed by atoms with van der Waals surface area (Å²) in [5.41, 5.74) is 12.5. The van der Waals surface area contributed by atoms with Crippen LogP contribution in [0, 0.1) is 0 Å². The highest BCUT2D eigenvalue weighted by molar-refractivity contribution is 6.04. The van der Waals surface area contributed by atoms with E-state index in [1.807, 2.05) is 6.07 Å². The molecule has 0 saturated heterocycles. The molecule has 1 amide bonds. The fourth-order valence-corrected chi connectivity index (χ4v) is 4.11. The summed E-state index contributed by atoms with van der Waals surface area (Å²) in [5, 5.41) is 7.06. The standard InChI is InChI=1S/C24H29N7O3/c1-33-15-9-7-14(8-10-15)27-23(32)22-28-18-12-11-16(34-2)13-17(18)21(31-22)29-19-5-3-4-6-20(19)30-24(25)26/h7-13,19-20H,3-6H2,1-2H3,(H,27,32)(H4,25,26,30)(H,28,29,31)/t19-,20+/m0/s1. The lowest BCUT2D eigenvalue weighted by molar-refractivity contribution is 0.101. The number of methoxy groups -OCH3 is 2. The molecule has 0 spiro atoms. The monoisotopic (exact) mass is 463 g/mol. The number of aromatic nitrogens is 2. The summed E-state index contributed by atoms with van der Waals surface area (Å²) in [6, 6.07) is 12.4. The Hall–Kier alpha value is -4.08. The van der Waals surface area contributed by atoms with Crippen molar-refractivity contribution in [2.75, 3.05) is 24.9 Å². The highest BCUT2D eigenvalue weighted by atomic mass is 16.5. The second-order valence-corrected chi connectivity index (χ2v) is 8.12. The number of benzene rings is 2. The Morgan fingerprint density at radius 1 is 1.00 bits per heavy atom. The Balaban J connectivity index is 1.68. The van der Waals surface area contributed by atoms with Crippen molar-refractivity contribution >= 4 is 34.3 Å². The second-order valence-electron chi connectivity index (χ2n) is 8.12. The molecule has 1 aliphatic rings. The third kappa shape index (κ3) is 5.28. The van der Waals surface area contributed by atoms with Crippen LogP contribution >= 0.6 is 0 Å². The predicted molar refractivity (Wildman–Crippen MR) is 133 cm³/mol. The highest BCUT2D eigenvalue weighted by Crippen LogP contribution is 2.29. The molecule has 10 nitrogen and oxygen atoms in total. The highest BCUT2D eigenvalue weighted by Gasteiger charge is 2.26. The molecule has 1 heterocycles. The average molecular weight is 464 g/mol. The van der Waals surface area contributed by atoms with Crippen LogP contribution in [-0.4, -0.2) is 48.1 Å². The van der Waals surface area contributed by atoms with E-state index in [1.54, 1.807) is 50.6 Å². The summed E-state index contributed by atoms with van der Waals surface area (Å²) < 4.78 is 10.6. The van der Waals surface area contributed by atoms with E-state index < -0.39 is 5.91 Å². The van der Waals surface area contributed by atoms with Gasteiger partial charge in [-0.25, -0.2) is 15.0 Å². The number of fused-ring (bicyclic) bond motifs is 1. The number of ether oxygens (including phenoxy) is 2. The summed E-state index contributed by atoms with van der Waals surface area (Å²) in [6.07, 6.45) is 3.84. The molecular formula is C24H29N7O3. The number of nitrogens with zero attached hydrogens (tertiary/aromatic N) is 3. The van der Waals surface area contributed by atoms with E-state index in [4.69, 9.17) is 20.9 Å². The van der Waals surface area contributed by atoms with Gasteiger partial charge in [-0.1, -0.05) is 12.8 Å². The van der Waals surface area contributed by atoms with Crippen LogP contribution in [0.3, 0.4) is 0 Å². The Kier molecular flexibility index (Phi) is 6.95. The third-order valence-electron chi connectivity index (χ3n) is 5.82. The molecule has 1 saturated carbocycles. The van der Waals surface area contributed by atoms with Crippen LogP contribution in [0.2, 0.25) is 0 Å². The smallest absolute Gasteiger partial charge is 0.293 e. The van der Waals surface area contributed by atoms with Gasteiger partial charge < -0.3 is 31.6 Å². The molecule has 10 heteroatoms. The van der Waals surface area contributed by atoms with Crippen molar-refractivity contribution in [1.82, 2.24) is 9.97 Å². The molecular weight excluding hydrogens is 434 g/mol. The lowest BCUT2D eigenvalue weighted by Crippen LogP contribution is -2.38. The van der Waals surface area contributed by atoms with Crippen LogP contribution in [0.15, 0.2) is 47.5 Å². The van der Waals surface area contributed by atoms with E-state index in [1.165, 1.54) is 0 Å². The minimum atomic E-state index is -0.421. The first-order chi connectivity index (χ1) is 16.5. The number of amides is 1. The Labute approximate surface area is 197 Å². The molecule has 6 N–H and O–H groups in total. The number of carbonyl (C=O) groups excluding carboxylic acids is 1. The Morgan fingerprint density at radius 3 is 2.41 bits per heavy atom. The van der Waals surface area contributed by atoms with Gasteiger partial charge in [0, 0.05) is 11.1 Å².